The van der Waals surface area contributed by atoms with Gasteiger partial charge in [-0.25, -0.2) is 4.79 Å². The Hall–Kier alpha value is -2.48. The Morgan fingerprint density at radius 1 is 1.38 bits per heavy atom. The molecule has 1 aliphatic rings. The van der Waals surface area contributed by atoms with Gasteiger partial charge in [-0.1, -0.05) is 0 Å². The van der Waals surface area contributed by atoms with Gasteiger partial charge in [-0.15, -0.1) is 0 Å². The van der Waals surface area contributed by atoms with E-state index in [9.17, 15) is 9.59 Å². The van der Waals surface area contributed by atoms with Crippen LogP contribution in [0.3, 0.4) is 0 Å². The lowest BCUT2D eigenvalue weighted by Gasteiger charge is -2.19. The molecule has 1 aliphatic heterocycles. The van der Waals surface area contributed by atoms with E-state index in [0.29, 0.717) is 23.7 Å². The van der Waals surface area contributed by atoms with Crippen molar-refractivity contribution < 1.29 is 24.2 Å². The molecule has 132 valence electrons. The third kappa shape index (κ3) is 4.29. The summed E-state index contributed by atoms with van der Waals surface area (Å²) < 4.78 is 10.4. The molecule has 0 bridgehead atoms. The van der Waals surface area contributed by atoms with Gasteiger partial charge in [-0.05, 0) is 19.1 Å². The Morgan fingerprint density at radius 2 is 2.08 bits per heavy atom. The van der Waals surface area contributed by atoms with Crippen LogP contribution < -0.4 is 25.0 Å². The number of ether oxygens (including phenoxy) is 2. The molecule has 24 heavy (non-hydrogen) atoms. The van der Waals surface area contributed by atoms with Crippen molar-refractivity contribution in [1.29, 1.82) is 0 Å². The maximum absolute atomic E-state index is 12.2. The highest BCUT2D eigenvalue weighted by Gasteiger charge is 2.32. The number of hydrogen-bond donors (Lipinski definition) is 3. The number of benzene rings is 1. The molecule has 8 nitrogen and oxygen atoms in total. The molecule has 2 atom stereocenters. The average Bonchev–Trinajstić information content (AvgIpc) is 2.92. The lowest BCUT2D eigenvalue weighted by atomic mass is 10.2. The van der Waals surface area contributed by atoms with E-state index in [4.69, 9.17) is 14.6 Å². The van der Waals surface area contributed by atoms with Crippen molar-refractivity contribution in [2.75, 3.05) is 32.2 Å². The van der Waals surface area contributed by atoms with Crippen LogP contribution in [-0.4, -0.2) is 56.5 Å². The van der Waals surface area contributed by atoms with E-state index in [2.05, 4.69) is 10.6 Å². The van der Waals surface area contributed by atoms with Gasteiger partial charge in [0.15, 0.2) is 11.5 Å². The number of nitrogens with one attached hydrogen (secondary N) is 2. The van der Waals surface area contributed by atoms with Crippen molar-refractivity contribution in [3.63, 3.8) is 0 Å². The Balaban J connectivity index is 2.01. The summed E-state index contributed by atoms with van der Waals surface area (Å²) in [6, 6.07) is 4.54. The molecule has 0 aromatic heterocycles. The quantitative estimate of drug-likeness (QED) is 0.701. The fraction of sp³-hybridized carbons (Fsp3) is 0.500. The summed E-state index contributed by atoms with van der Waals surface area (Å²) in [5.74, 6) is 1.04. The molecule has 1 heterocycles. The molecule has 1 aromatic carbocycles. The van der Waals surface area contributed by atoms with Crippen LogP contribution in [0.4, 0.5) is 10.5 Å². The molecule has 3 N–H and O–H groups in total. The molecule has 0 saturated carbocycles. The largest absolute Gasteiger partial charge is 0.493 e. The minimum atomic E-state index is -0.621. The molecule has 2 rings (SSSR count). The second-order valence-electron chi connectivity index (χ2n) is 5.65. The van der Waals surface area contributed by atoms with Gasteiger partial charge in [-0.2, -0.15) is 0 Å². The highest BCUT2D eigenvalue weighted by Crippen LogP contribution is 2.33. The first-order chi connectivity index (χ1) is 11.4. The van der Waals surface area contributed by atoms with E-state index in [0.717, 1.165) is 0 Å². The summed E-state index contributed by atoms with van der Waals surface area (Å²) in [7, 11) is 3.08. The molecule has 0 radical (unpaired) electrons. The van der Waals surface area contributed by atoms with E-state index in [-0.39, 0.29) is 24.9 Å². The monoisotopic (exact) mass is 337 g/mol. The average molecular weight is 337 g/mol. The first kappa shape index (κ1) is 17.9. The van der Waals surface area contributed by atoms with Gasteiger partial charge in [0.1, 0.15) is 0 Å². The number of methoxy groups -OCH3 is 2. The summed E-state index contributed by atoms with van der Waals surface area (Å²) in [5.41, 5.74) is 0.686. The van der Waals surface area contributed by atoms with Gasteiger partial charge in [0.2, 0.25) is 5.91 Å². The van der Waals surface area contributed by atoms with Crippen LogP contribution in [0.15, 0.2) is 18.2 Å². The summed E-state index contributed by atoms with van der Waals surface area (Å²) in [6.45, 7) is 2.11. The number of nitrogens with zero attached hydrogens (tertiary/aromatic N) is 1. The van der Waals surface area contributed by atoms with E-state index in [1.165, 1.54) is 7.11 Å². The normalized spacial score (nSPS) is 18.2. The summed E-state index contributed by atoms with van der Waals surface area (Å²) >= 11 is 0. The Labute approximate surface area is 140 Å². The molecule has 3 amide bonds. The number of aliphatic hydroxyl groups is 1. The molecule has 1 fully saturated rings. The summed E-state index contributed by atoms with van der Waals surface area (Å²) in [6.07, 6.45) is -0.402. The Kier molecular flexibility index (Phi) is 5.86. The standard InChI is InChI=1S/C16H23N3O5/c1-10(20)8-17-16(22)18-11-6-15(21)19(9-11)12-4-5-13(23-2)14(7-12)24-3/h4-5,7,10-11,20H,6,8-9H2,1-3H3,(H2,17,18,22)/t10-,11+/m0/s1. The maximum Gasteiger partial charge on any atom is 0.315 e. The number of amides is 3. The van der Waals surface area contributed by atoms with Crippen molar-refractivity contribution in [2.24, 2.45) is 0 Å². The lowest BCUT2D eigenvalue weighted by Crippen LogP contribution is -2.45. The molecule has 8 heteroatoms. The van der Waals surface area contributed by atoms with Crippen LogP contribution in [-0.2, 0) is 4.79 Å². The van der Waals surface area contributed by atoms with Crippen molar-refractivity contribution >= 4 is 17.6 Å². The van der Waals surface area contributed by atoms with E-state index in [1.807, 2.05) is 0 Å². The van der Waals surface area contributed by atoms with Gasteiger partial charge in [0, 0.05) is 31.3 Å². The van der Waals surface area contributed by atoms with E-state index in [1.54, 1.807) is 37.1 Å². The first-order valence-electron chi connectivity index (χ1n) is 7.69. The van der Waals surface area contributed by atoms with Crippen LogP contribution in [0.5, 0.6) is 11.5 Å². The SMILES string of the molecule is COc1ccc(N2C[C@H](NC(=O)NC[C@H](C)O)CC2=O)cc1OC. The molecular formula is C16H23N3O5. The Bertz CT molecular complexity index is 605. The van der Waals surface area contributed by atoms with Gasteiger partial charge in [0.05, 0.1) is 26.4 Å². The van der Waals surface area contributed by atoms with Crippen molar-refractivity contribution in [2.45, 2.75) is 25.5 Å². The van der Waals surface area contributed by atoms with Gasteiger partial charge in [-0.3, -0.25) is 4.79 Å². The second-order valence-corrected chi connectivity index (χ2v) is 5.65. The summed E-state index contributed by atoms with van der Waals surface area (Å²) in [5, 5.41) is 14.4. The minimum Gasteiger partial charge on any atom is -0.493 e. The lowest BCUT2D eigenvalue weighted by molar-refractivity contribution is -0.117. The predicted octanol–water partition coefficient (Wildman–Crippen LogP) is 0.489. The van der Waals surface area contributed by atoms with Crippen LogP contribution in [0, 0.1) is 0 Å². The summed E-state index contributed by atoms with van der Waals surface area (Å²) in [4.78, 5) is 25.6. The van der Waals surface area contributed by atoms with Crippen LogP contribution in [0.2, 0.25) is 0 Å². The van der Waals surface area contributed by atoms with Crippen molar-refractivity contribution in [3.8, 4) is 11.5 Å². The highest BCUT2D eigenvalue weighted by atomic mass is 16.5. The smallest absolute Gasteiger partial charge is 0.315 e. The number of rotatable bonds is 6. The number of carbonyl (C=O) groups excluding carboxylic acids is 2. The number of anilines is 1. The van der Waals surface area contributed by atoms with Gasteiger partial charge < -0.3 is 30.1 Å². The van der Waals surface area contributed by atoms with E-state index < -0.39 is 12.1 Å². The molecular weight excluding hydrogens is 314 g/mol. The molecule has 0 unspecified atom stereocenters. The third-order valence-corrected chi connectivity index (χ3v) is 3.70. The van der Waals surface area contributed by atoms with Gasteiger partial charge in [0.25, 0.3) is 0 Å². The van der Waals surface area contributed by atoms with Crippen molar-refractivity contribution in [1.82, 2.24) is 10.6 Å². The van der Waals surface area contributed by atoms with Crippen LogP contribution >= 0.6 is 0 Å². The van der Waals surface area contributed by atoms with Gasteiger partial charge >= 0.3 is 6.03 Å². The maximum atomic E-state index is 12.2. The molecule has 0 aliphatic carbocycles. The van der Waals surface area contributed by atoms with Crippen molar-refractivity contribution in [3.05, 3.63) is 18.2 Å². The fourth-order valence-corrected chi connectivity index (χ4v) is 2.52. The second kappa shape index (κ2) is 7.87. The molecule has 1 aromatic rings. The van der Waals surface area contributed by atoms with Crippen LogP contribution in [0.25, 0.3) is 0 Å². The van der Waals surface area contributed by atoms with Crippen LogP contribution in [0.1, 0.15) is 13.3 Å². The number of urea groups is 1. The highest BCUT2D eigenvalue weighted by molar-refractivity contribution is 5.97. The number of aliphatic hydroxyl groups excluding tert-OH is 1. The fourth-order valence-electron chi connectivity index (χ4n) is 2.52. The zero-order valence-corrected chi connectivity index (χ0v) is 14.0. The minimum absolute atomic E-state index is 0.0805. The number of hydrogen-bond acceptors (Lipinski definition) is 5. The zero-order chi connectivity index (χ0) is 17.7. The third-order valence-electron chi connectivity index (χ3n) is 3.70. The Morgan fingerprint density at radius 3 is 2.71 bits per heavy atom. The topological polar surface area (TPSA) is 100 Å². The zero-order valence-electron chi connectivity index (χ0n) is 14.0. The molecule has 1 saturated heterocycles. The van der Waals surface area contributed by atoms with E-state index >= 15 is 0 Å². The first-order valence-corrected chi connectivity index (χ1v) is 7.69. The predicted molar refractivity (Wildman–Crippen MR) is 88.5 cm³/mol. The molecule has 0 spiro atoms. The number of carbonyl (C=O) groups is 2.